The lowest BCUT2D eigenvalue weighted by Gasteiger charge is -2.57. The minimum Gasteiger partial charge on any atom is -0.300 e. The van der Waals surface area contributed by atoms with Gasteiger partial charge in [-0.25, -0.2) is 0 Å². The van der Waals surface area contributed by atoms with Crippen LogP contribution in [0.5, 0.6) is 0 Å². The van der Waals surface area contributed by atoms with Crippen LogP contribution in [0.15, 0.2) is 23.3 Å². The molecule has 1 nitrogen and oxygen atoms in total. The first-order valence-electron chi connectivity index (χ1n) is 9.98. The normalized spacial score (nSPS) is 32.9. The summed E-state index contributed by atoms with van der Waals surface area (Å²) in [5.74, 6) is 1.85. The van der Waals surface area contributed by atoms with Gasteiger partial charge in [0.15, 0.2) is 0 Å². The number of fused-ring (bicyclic) bond motifs is 1. The Labute approximate surface area is 150 Å². The largest absolute Gasteiger partial charge is 0.300 e. The van der Waals surface area contributed by atoms with Crippen molar-refractivity contribution in [2.24, 2.45) is 22.7 Å². The van der Waals surface area contributed by atoms with Gasteiger partial charge in [0, 0.05) is 6.42 Å². The highest BCUT2D eigenvalue weighted by Gasteiger charge is 2.51. The van der Waals surface area contributed by atoms with Crippen LogP contribution >= 0.6 is 0 Å². The Hall–Kier alpha value is -0.850. The van der Waals surface area contributed by atoms with Crippen molar-refractivity contribution in [2.75, 3.05) is 0 Å². The third kappa shape index (κ3) is 4.21. The number of rotatable bonds is 6. The Kier molecular flexibility index (Phi) is 6.15. The lowest BCUT2D eigenvalue weighted by molar-refractivity contribution is -0.116. The topological polar surface area (TPSA) is 17.1 Å². The van der Waals surface area contributed by atoms with E-state index in [1.54, 1.807) is 12.5 Å². The highest BCUT2D eigenvalue weighted by Crippen LogP contribution is 2.60. The SMILES string of the molecule is CC(=O)CC/C=C(/C)CC[C@@H]1C(C)=CC[C@H]2C(C)(C)CCC[C@]12C. The van der Waals surface area contributed by atoms with Crippen molar-refractivity contribution in [1.82, 2.24) is 0 Å². The monoisotopic (exact) mass is 330 g/mol. The summed E-state index contributed by atoms with van der Waals surface area (Å²) in [6, 6.07) is 0. The van der Waals surface area contributed by atoms with Crippen molar-refractivity contribution in [1.29, 1.82) is 0 Å². The summed E-state index contributed by atoms with van der Waals surface area (Å²) < 4.78 is 0. The van der Waals surface area contributed by atoms with Crippen molar-refractivity contribution < 1.29 is 4.79 Å². The zero-order valence-electron chi connectivity index (χ0n) is 16.9. The Bertz CT molecular complexity index is 522. The molecule has 0 radical (unpaired) electrons. The second kappa shape index (κ2) is 7.58. The predicted octanol–water partition coefficient (Wildman–Crippen LogP) is 6.88. The molecular weight excluding hydrogens is 292 g/mol. The van der Waals surface area contributed by atoms with E-state index in [2.05, 4.69) is 46.8 Å². The Morgan fingerprint density at radius 1 is 1.21 bits per heavy atom. The molecule has 0 aromatic carbocycles. The summed E-state index contributed by atoms with van der Waals surface area (Å²) in [6.45, 7) is 13.9. The van der Waals surface area contributed by atoms with E-state index in [0.717, 1.165) is 18.3 Å². The third-order valence-corrected chi connectivity index (χ3v) is 7.11. The molecule has 0 bridgehead atoms. The maximum absolute atomic E-state index is 11.1. The second-order valence-electron chi connectivity index (χ2n) is 9.47. The summed E-state index contributed by atoms with van der Waals surface area (Å²) in [7, 11) is 0. The molecule has 0 saturated heterocycles. The smallest absolute Gasteiger partial charge is 0.130 e. The molecule has 2 aliphatic carbocycles. The molecule has 24 heavy (non-hydrogen) atoms. The summed E-state index contributed by atoms with van der Waals surface area (Å²) in [5, 5.41) is 0. The van der Waals surface area contributed by atoms with E-state index in [4.69, 9.17) is 0 Å². The molecule has 0 N–H and O–H groups in total. The van der Waals surface area contributed by atoms with Crippen molar-refractivity contribution in [2.45, 2.75) is 92.9 Å². The Morgan fingerprint density at radius 3 is 2.58 bits per heavy atom. The van der Waals surface area contributed by atoms with Crippen LogP contribution in [0.3, 0.4) is 0 Å². The van der Waals surface area contributed by atoms with Gasteiger partial charge >= 0.3 is 0 Å². The van der Waals surface area contributed by atoms with Gasteiger partial charge in [0.1, 0.15) is 5.78 Å². The highest BCUT2D eigenvalue weighted by molar-refractivity contribution is 5.75. The quantitative estimate of drug-likeness (QED) is 0.485. The molecule has 3 atom stereocenters. The van der Waals surface area contributed by atoms with E-state index in [0.29, 0.717) is 23.0 Å². The third-order valence-electron chi connectivity index (χ3n) is 7.11. The van der Waals surface area contributed by atoms with Crippen LogP contribution in [0, 0.1) is 22.7 Å². The molecule has 0 spiro atoms. The van der Waals surface area contributed by atoms with Crippen LogP contribution in [0.4, 0.5) is 0 Å². The molecule has 0 amide bonds. The molecule has 1 heteroatoms. The molecule has 0 heterocycles. The first kappa shape index (κ1) is 19.5. The van der Waals surface area contributed by atoms with Gasteiger partial charge in [0.05, 0.1) is 0 Å². The molecule has 0 aliphatic heterocycles. The van der Waals surface area contributed by atoms with E-state index in [-0.39, 0.29) is 0 Å². The van der Waals surface area contributed by atoms with E-state index in [1.807, 2.05) is 0 Å². The minimum atomic E-state index is 0.296. The summed E-state index contributed by atoms with van der Waals surface area (Å²) in [6.07, 6.45) is 14.3. The maximum atomic E-state index is 11.1. The fourth-order valence-corrected chi connectivity index (χ4v) is 5.69. The molecule has 1 fully saturated rings. The molecule has 0 aromatic heterocycles. The number of allylic oxidation sites excluding steroid dienone is 4. The molecule has 0 aromatic rings. The highest BCUT2D eigenvalue weighted by atomic mass is 16.1. The van der Waals surface area contributed by atoms with E-state index in [9.17, 15) is 4.79 Å². The van der Waals surface area contributed by atoms with Gasteiger partial charge < -0.3 is 4.79 Å². The number of hydrogen-bond acceptors (Lipinski definition) is 1. The van der Waals surface area contributed by atoms with E-state index in [1.165, 1.54) is 44.1 Å². The van der Waals surface area contributed by atoms with Gasteiger partial charge in [-0.3, -0.25) is 0 Å². The predicted molar refractivity (Wildman–Crippen MR) is 104 cm³/mol. The number of hydrogen-bond donors (Lipinski definition) is 0. The van der Waals surface area contributed by atoms with Gasteiger partial charge in [0.2, 0.25) is 0 Å². The average molecular weight is 331 g/mol. The van der Waals surface area contributed by atoms with Crippen molar-refractivity contribution in [3.05, 3.63) is 23.3 Å². The summed E-state index contributed by atoms with van der Waals surface area (Å²) in [5.41, 5.74) is 4.04. The van der Waals surface area contributed by atoms with Crippen molar-refractivity contribution >= 4 is 5.78 Å². The first-order valence-corrected chi connectivity index (χ1v) is 9.98. The van der Waals surface area contributed by atoms with Gasteiger partial charge in [-0.2, -0.15) is 0 Å². The lowest BCUT2D eigenvalue weighted by atomic mass is 9.48. The molecular formula is C23H38O. The van der Waals surface area contributed by atoms with Gasteiger partial charge in [-0.05, 0) is 82.0 Å². The lowest BCUT2D eigenvalue weighted by Crippen LogP contribution is -2.48. The van der Waals surface area contributed by atoms with E-state index < -0.39 is 0 Å². The van der Waals surface area contributed by atoms with Crippen LogP contribution in [-0.4, -0.2) is 5.78 Å². The molecule has 0 unspecified atom stereocenters. The zero-order chi connectivity index (χ0) is 18.0. The van der Waals surface area contributed by atoms with Crippen LogP contribution in [0.25, 0.3) is 0 Å². The van der Waals surface area contributed by atoms with E-state index >= 15 is 0 Å². The van der Waals surface area contributed by atoms with Crippen LogP contribution in [0.1, 0.15) is 92.9 Å². The molecule has 136 valence electrons. The Balaban J connectivity index is 2.06. The second-order valence-corrected chi connectivity index (χ2v) is 9.47. The van der Waals surface area contributed by atoms with Crippen molar-refractivity contribution in [3.63, 3.8) is 0 Å². The standard InChI is InChI=1S/C23H38O/c1-17(9-7-10-19(3)24)11-13-20-18(2)12-14-21-22(4,5)15-8-16-23(20,21)6/h9,12,20-21H,7-8,10-11,13-16H2,1-6H3/b17-9-/t20-,21+,23-/m1/s1. The minimum absolute atomic E-state index is 0.296. The fraction of sp³-hybridized carbons (Fsp3) is 0.783. The van der Waals surface area contributed by atoms with Gasteiger partial charge in [-0.1, -0.05) is 50.5 Å². The fourth-order valence-electron chi connectivity index (χ4n) is 5.69. The molecule has 2 rings (SSSR count). The first-order chi connectivity index (χ1) is 11.2. The number of ketones is 1. The van der Waals surface area contributed by atoms with Crippen molar-refractivity contribution in [3.8, 4) is 0 Å². The maximum Gasteiger partial charge on any atom is 0.130 e. The van der Waals surface area contributed by atoms with Crippen LogP contribution in [-0.2, 0) is 4.79 Å². The number of carbonyl (C=O) groups is 1. The zero-order valence-corrected chi connectivity index (χ0v) is 16.9. The van der Waals surface area contributed by atoms with Crippen LogP contribution < -0.4 is 0 Å². The summed E-state index contributed by atoms with van der Waals surface area (Å²) >= 11 is 0. The number of carbonyl (C=O) groups excluding carboxylic acids is 1. The Morgan fingerprint density at radius 2 is 1.92 bits per heavy atom. The summed E-state index contributed by atoms with van der Waals surface area (Å²) in [4.78, 5) is 11.1. The van der Waals surface area contributed by atoms with Gasteiger partial charge in [0.25, 0.3) is 0 Å². The molecule has 2 aliphatic rings. The molecule has 1 saturated carbocycles. The number of Topliss-reactive ketones (excluding diaryl/α,β-unsaturated/α-hetero) is 1. The van der Waals surface area contributed by atoms with Gasteiger partial charge in [-0.15, -0.1) is 0 Å². The van der Waals surface area contributed by atoms with Crippen LogP contribution in [0.2, 0.25) is 0 Å². The average Bonchev–Trinajstić information content (AvgIpc) is 2.45.